The van der Waals surface area contributed by atoms with E-state index in [0.29, 0.717) is 11.3 Å². The van der Waals surface area contributed by atoms with E-state index in [1.807, 2.05) is 30.5 Å². The maximum Gasteiger partial charge on any atom is 0.279 e. The van der Waals surface area contributed by atoms with Crippen LogP contribution in [-0.2, 0) is 16.4 Å². The predicted molar refractivity (Wildman–Crippen MR) is 109 cm³/mol. The third kappa shape index (κ3) is 3.75. The standard InChI is InChI=1S/C20H22N2O3S2/c1-5-22-17-10-9-14(4)11-18(17)26-20(22)21-19(23)15-7-6-8-16(12-15)27(24,25)13(2)3/h6-13H,5H2,1-4H3. The highest BCUT2D eigenvalue weighted by Gasteiger charge is 2.20. The van der Waals surface area contributed by atoms with Crippen LogP contribution in [0.1, 0.15) is 36.7 Å². The summed E-state index contributed by atoms with van der Waals surface area (Å²) in [5.41, 5.74) is 2.46. The second kappa shape index (κ2) is 7.40. The summed E-state index contributed by atoms with van der Waals surface area (Å²) < 4.78 is 27.8. The number of nitrogens with zero attached hydrogens (tertiary/aromatic N) is 2. The Labute approximate surface area is 162 Å². The van der Waals surface area contributed by atoms with Gasteiger partial charge in [-0.05, 0) is 63.6 Å². The van der Waals surface area contributed by atoms with Gasteiger partial charge in [0.15, 0.2) is 14.6 Å². The Hall–Kier alpha value is -2.25. The molecular formula is C20H22N2O3S2. The van der Waals surface area contributed by atoms with E-state index in [1.165, 1.54) is 23.5 Å². The largest absolute Gasteiger partial charge is 0.317 e. The average molecular weight is 403 g/mol. The van der Waals surface area contributed by atoms with Crippen molar-refractivity contribution >= 4 is 37.3 Å². The fourth-order valence-electron chi connectivity index (χ4n) is 2.80. The first-order valence-electron chi connectivity index (χ1n) is 8.77. The van der Waals surface area contributed by atoms with Gasteiger partial charge in [0.2, 0.25) is 0 Å². The Morgan fingerprint density at radius 2 is 1.93 bits per heavy atom. The summed E-state index contributed by atoms with van der Waals surface area (Å²) in [6.45, 7) is 7.97. The Bertz CT molecular complexity index is 1190. The Kier molecular flexibility index (Phi) is 5.35. The Balaban J connectivity index is 2.09. The van der Waals surface area contributed by atoms with Crippen molar-refractivity contribution in [2.75, 3.05) is 0 Å². The van der Waals surface area contributed by atoms with E-state index in [4.69, 9.17) is 0 Å². The number of carbonyl (C=O) groups excluding carboxylic acids is 1. The van der Waals surface area contributed by atoms with Crippen molar-refractivity contribution in [3.8, 4) is 0 Å². The van der Waals surface area contributed by atoms with Crippen LogP contribution in [0.4, 0.5) is 0 Å². The molecule has 1 aromatic heterocycles. The quantitative estimate of drug-likeness (QED) is 0.663. The molecule has 27 heavy (non-hydrogen) atoms. The van der Waals surface area contributed by atoms with Gasteiger partial charge in [-0.15, -0.1) is 0 Å². The number of sulfone groups is 1. The van der Waals surface area contributed by atoms with Crippen LogP contribution in [0.15, 0.2) is 52.4 Å². The minimum Gasteiger partial charge on any atom is -0.317 e. The van der Waals surface area contributed by atoms with Crippen LogP contribution in [0.5, 0.6) is 0 Å². The number of amides is 1. The number of hydrogen-bond donors (Lipinski definition) is 0. The number of aryl methyl sites for hydroxylation is 2. The normalized spacial score (nSPS) is 12.9. The topological polar surface area (TPSA) is 68.5 Å². The lowest BCUT2D eigenvalue weighted by Crippen LogP contribution is -2.17. The average Bonchev–Trinajstić information content (AvgIpc) is 2.97. The molecule has 0 fully saturated rings. The number of thiazole rings is 1. The van der Waals surface area contributed by atoms with E-state index in [9.17, 15) is 13.2 Å². The molecule has 0 saturated heterocycles. The van der Waals surface area contributed by atoms with Gasteiger partial charge in [-0.3, -0.25) is 4.79 Å². The van der Waals surface area contributed by atoms with Crippen LogP contribution >= 0.6 is 11.3 Å². The molecule has 0 saturated carbocycles. The molecule has 0 bridgehead atoms. The molecule has 0 N–H and O–H groups in total. The molecule has 0 aliphatic heterocycles. The Morgan fingerprint density at radius 1 is 1.19 bits per heavy atom. The van der Waals surface area contributed by atoms with E-state index in [0.717, 1.165) is 15.8 Å². The maximum absolute atomic E-state index is 12.7. The summed E-state index contributed by atoms with van der Waals surface area (Å²) in [6.07, 6.45) is 0. The first kappa shape index (κ1) is 19.5. The van der Waals surface area contributed by atoms with Gasteiger partial charge in [-0.2, -0.15) is 4.99 Å². The summed E-state index contributed by atoms with van der Waals surface area (Å²) >= 11 is 1.46. The molecule has 0 radical (unpaired) electrons. The molecule has 3 aromatic rings. The van der Waals surface area contributed by atoms with Crippen molar-refractivity contribution in [1.82, 2.24) is 4.57 Å². The minimum absolute atomic E-state index is 0.147. The molecule has 1 heterocycles. The zero-order valence-corrected chi connectivity index (χ0v) is 17.4. The highest BCUT2D eigenvalue weighted by molar-refractivity contribution is 7.92. The highest BCUT2D eigenvalue weighted by atomic mass is 32.2. The monoisotopic (exact) mass is 402 g/mol. The second-order valence-corrected chi connectivity index (χ2v) is 10.2. The minimum atomic E-state index is -3.44. The van der Waals surface area contributed by atoms with Crippen LogP contribution in [0, 0.1) is 6.92 Å². The predicted octanol–water partition coefficient (Wildman–Crippen LogP) is 3.95. The summed E-state index contributed by atoms with van der Waals surface area (Å²) in [7, 11) is -3.44. The molecule has 0 spiro atoms. The summed E-state index contributed by atoms with van der Waals surface area (Å²) in [4.78, 5) is 17.7. The molecule has 142 valence electrons. The molecule has 3 rings (SSSR count). The molecule has 2 aromatic carbocycles. The first-order valence-corrected chi connectivity index (χ1v) is 11.1. The van der Waals surface area contributed by atoms with Gasteiger partial charge in [0, 0.05) is 12.1 Å². The first-order chi connectivity index (χ1) is 12.7. The van der Waals surface area contributed by atoms with Gasteiger partial charge >= 0.3 is 0 Å². The molecule has 1 amide bonds. The fraction of sp³-hybridized carbons (Fsp3) is 0.300. The van der Waals surface area contributed by atoms with E-state index >= 15 is 0 Å². The van der Waals surface area contributed by atoms with Gasteiger partial charge in [0.1, 0.15) is 0 Å². The lowest BCUT2D eigenvalue weighted by Gasteiger charge is -2.08. The van der Waals surface area contributed by atoms with Crippen LogP contribution < -0.4 is 4.80 Å². The number of hydrogen-bond acceptors (Lipinski definition) is 4. The SMILES string of the molecule is CCn1c(=NC(=O)c2cccc(S(=O)(=O)C(C)C)c2)sc2cc(C)ccc21. The van der Waals surface area contributed by atoms with E-state index in [1.54, 1.807) is 26.0 Å². The van der Waals surface area contributed by atoms with Crippen LogP contribution in [0.25, 0.3) is 10.2 Å². The number of fused-ring (bicyclic) bond motifs is 1. The zero-order chi connectivity index (χ0) is 19.8. The van der Waals surface area contributed by atoms with Crippen molar-refractivity contribution in [1.29, 1.82) is 0 Å². The lowest BCUT2D eigenvalue weighted by atomic mass is 10.2. The number of aromatic nitrogens is 1. The Morgan fingerprint density at radius 3 is 2.59 bits per heavy atom. The maximum atomic E-state index is 12.7. The highest BCUT2D eigenvalue weighted by Crippen LogP contribution is 2.20. The van der Waals surface area contributed by atoms with Crippen molar-refractivity contribution in [2.45, 2.75) is 44.4 Å². The lowest BCUT2D eigenvalue weighted by molar-refractivity contribution is 0.0997. The van der Waals surface area contributed by atoms with E-state index in [2.05, 4.69) is 11.1 Å². The second-order valence-electron chi connectivity index (χ2n) is 6.64. The third-order valence-electron chi connectivity index (χ3n) is 4.38. The van der Waals surface area contributed by atoms with Crippen molar-refractivity contribution in [3.63, 3.8) is 0 Å². The molecule has 0 unspecified atom stereocenters. The summed E-state index contributed by atoms with van der Waals surface area (Å²) in [5.74, 6) is -0.443. The van der Waals surface area contributed by atoms with E-state index in [-0.39, 0.29) is 10.5 Å². The molecule has 7 heteroatoms. The van der Waals surface area contributed by atoms with Gasteiger partial charge < -0.3 is 4.57 Å². The van der Waals surface area contributed by atoms with Gasteiger partial charge in [0.25, 0.3) is 5.91 Å². The smallest absolute Gasteiger partial charge is 0.279 e. The summed E-state index contributed by atoms with van der Waals surface area (Å²) in [5, 5.41) is -0.548. The molecule has 0 aliphatic rings. The van der Waals surface area contributed by atoms with Gasteiger partial charge in [-0.1, -0.05) is 23.5 Å². The van der Waals surface area contributed by atoms with Crippen molar-refractivity contribution in [3.05, 3.63) is 58.4 Å². The van der Waals surface area contributed by atoms with Crippen LogP contribution in [-0.4, -0.2) is 24.1 Å². The van der Waals surface area contributed by atoms with Crippen LogP contribution in [0.2, 0.25) is 0 Å². The van der Waals surface area contributed by atoms with Crippen LogP contribution in [0.3, 0.4) is 0 Å². The molecule has 0 aliphatic carbocycles. The third-order valence-corrected chi connectivity index (χ3v) is 7.58. The fourth-order valence-corrected chi connectivity index (χ4v) is 5.10. The summed E-state index contributed by atoms with van der Waals surface area (Å²) in [6, 6.07) is 12.2. The van der Waals surface area contributed by atoms with Crippen molar-refractivity contribution < 1.29 is 13.2 Å². The number of rotatable bonds is 4. The molecular weight excluding hydrogens is 380 g/mol. The zero-order valence-electron chi connectivity index (χ0n) is 15.8. The number of benzene rings is 2. The van der Waals surface area contributed by atoms with E-state index < -0.39 is 21.0 Å². The molecule has 0 atom stereocenters. The number of carbonyl (C=O) groups is 1. The van der Waals surface area contributed by atoms with Gasteiger partial charge in [-0.25, -0.2) is 8.42 Å². The van der Waals surface area contributed by atoms with Gasteiger partial charge in [0.05, 0.1) is 20.4 Å². The van der Waals surface area contributed by atoms with Crippen molar-refractivity contribution in [2.24, 2.45) is 4.99 Å². The molecule has 5 nitrogen and oxygen atoms in total.